The van der Waals surface area contributed by atoms with Gasteiger partial charge in [0.2, 0.25) is 0 Å². The summed E-state index contributed by atoms with van der Waals surface area (Å²) in [7, 11) is 0. The van der Waals surface area contributed by atoms with E-state index in [0.717, 1.165) is 25.2 Å². The van der Waals surface area contributed by atoms with Crippen LogP contribution in [0.3, 0.4) is 0 Å². The Hall–Kier alpha value is -2.51. The summed E-state index contributed by atoms with van der Waals surface area (Å²) in [6, 6.07) is 8.13. The molecule has 0 saturated carbocycles. The number of amides is 1. The van der Waals surface area contributed by atoms with E-state index >= 15 is 0 Å². The minimum Gasteiger partial charge on any atom is -0.382 e. The molecule has 0 aliphatic carbocycles. The Kier molecular flexibility index (Phi) is 5.80. The standard InChI is InChI=1S/C19H25N5O2/c1-13-10-24(11-14(2)26-13)12-16-6-4-3-5-15(16)9-23-19(25)17-18(20)22-8-7-21-17/h3-8,13-14H,9-12H2,1-2H3,(H2,20,22)(H,23,25). The van der Waals surface area contributed by atoms with Gasteiger partial charge in [0.25, 0.3) is 5.91 Å². The summed E-state index contributed by atoms with van der Waals surface area (Å²) in [5.74, 6) is -0.186. The monoisotopic (exact) mass is 355 g/mol. The van der Waals surface area contributed by atoms with Gasteiger partial charge in [-0.05, 0) is 25.0 Å². The normalized spacial score (nSPS) is 20.7. The van der Waals surface area contributed by atoms with Gasteiger partial charge >= 0.3 is 0 Å². The third-order valence-electron chi connectivity index (χ3n) is 4.39. The lowest BCUT2D eigenvalue weighted by atomic mass is 10.1. The molecule has 1 amide bonds. The van der Waals surface area contributed by atoms with Crippen molar-refractivity contribution in [1.29, 1.82) is 0 Å². The van der Waals surface area contributed by atoms with Crippen LogP contribution < -0.4 is 11.1 Å². The number of aromatic nitrogens is 2. The summed E-state index contributed by atoms with van der Waals surface area (Å²) in [5, 5.41) is 2.89. The Morgan fingerprint density at radius 3 is 2.54 bits per heavy atom. The van der Waals surface area contributed by atoms with Crippen LogP contribution in [-0.2, 0) is 17.8 Å². The fourth-order valence-corrected chi connectivity index (χ4v) is 3.32. The van der Waals surface area contributed by atoms with E-state index < -0.39 is 0 Å². The van der Waals surface area contributed by atoms with E-state index in [1.807, 2.05) is 18.2 Å². The van der Waals surface area contributed by atoms with Crippen molar-refractivity contribution in [3.63, 3.8) is 0 Å². The molecule has 2 unspecified atom stereocenters. The third kappa shape index (κ3) is 4.56. The van der Waals surface area contributed by atoms with Gasteiger partial charge in [-0.2, -0.15) is 0 Å². The quantitative estimate of drug-likeness (QED) is 0.846. The molecule has 0 spiro atoms. The number of hydrogen-bond acceptors (Lipinski definition) is 6. The maximum Gasteiger partial charge on any atom is 0.273 e. The van der Waals surface area contributed by atoms with Crippen molar-refractivity contribution < 1.29 is 9.53 Å². The van der Waals surface area contributed by atoms with E-state index in [1.54, 1.807) is 0 Å². The number of nitrogens with zero attached hydrogens (tertiary/aromatic N) is 3. The fraction of sp³-hybridized carbons (Fsp3) is 0.421. The van der Waals surface area contributed by atoms with Crippen LogP contribution in [-0.4, -0.2) is 46.1 Å². The summed E-state index contributed by atoms with van der Waals surface area (Å²) in [4.78, 5) is 22.6. The van der Waals surface area contributed by atoms with E-state index in [9.17, 15) is 4.79 Å². The number of morpholine rings is 1. The number of benzene rings is 1. The first kappa shape index (κ1) is 18.3. The zero-order valence-electron chi connectivity index (χ0n) is 15.2. The largest absolute Gasteiger partial charge is 0.382 e. The van der Waals surface area contributed by atoms with Gasteiger partial charge in [-0.15, -0.1) is 0 Å². The van der Waals surface area contributed by atoms with Crippen molar-refractivity contribution in [2.75, 3.05) is 18.8 Å². The van der Waals surface area contributed by atoms with E-state index in [1.165, 1.54) is 18.0 Å². The van der Waals surface area contributed by atoms with E-state index in [0.29, 0.717) is 6.54 Å². The maximum absolute atomic E-state index is 12.3. The Bertz CT molecular complexity index is 757. The second kappa shape index (κ2) is 8.25. The summed E-state index contributed by atoms with van der Waals surface area (Å²) < 4.78 is 5.80. The molecule has 1 aromatic carbocycles. The molecule has 2 atom stereocenters. The molecule has 1 aromatic heterocycles. The highest BCUT2D eigenvalue weighted by atomic mass is 16.5. The lowest BCUT2D eigenvalue weighted by Crippen LogP contribution is -2.45. The molecule has 1 aliphatic rings. The lowest BCUT2D eigenvalue weighted by Gasteiger charge is -2.35. The zero-order valence-corrected chi connectivity index (χ0v) is 15.2. The molecule has 3 rings (SSSR count). The van der Waals surface area contributed by atoms with Crippen LogP contribution in [0.5, 0.6) is 0 Å². The van der Waals surface area contributed by atoms with Crippen molar-refractivity contribution in [3.8, 4) is 0 Å². The van der Waals surface area contributed by atoms with Gasteiger partial charge in [0.05, 0.1) is 12.2 Å². The number of nitrogen functional groups attached to an aromatic ring is 1. The molecule has 0 bridgehead atoms. The summed E-state index contributed by atoms with van der Waals surface area (Å²) in [6.07, 6.45) is 3.38. The molecule has 3 N–H and O–H groups in total. The second-order valence-corrected chi connectivity index (χ2v) is 6.69. The molecule has 1 aliphatic heterocycles. The average molecular weight is 355 g/mol. The number of nitrogens with two attached hydrogens (primary N) is 1. The summed E-state index contributed by atoms with van der Waals surface area (Å²) in [6.45, 7) is 7.25. The van der Waals surface area contributed by atoms with Crippen molar-refractivity contribution >= 4 is 11.7 Å². The van der Waals surface area contributed by atoms with Gasteiger partial charge in [0.15, 0.2) is 11.5 Å². The molecule has 138 valence electrons. The molecule has 26 heavy (non-hydrogen) atoms. The van der Waals surface area contributed by atoms with Crippen molar-refractivity contribution in [2.45, 2.75) is 39.1 Å². The van der Waals surface area contributed by atoms with Crippen LogP contribution in [0.1, 0.15) is 35.5 Å². The number of rotatable bonds is 5. The van der Waals surface area contributed by atoms with Gasteiger partial charge in [-0.25, -0.2) is 9.97 Å². The van der Waals surface area contributed by atoms with Crippen LogP contribution >= 0.6 is 0 Å². The van der Waals surface area contributed by atoms with Gasteiger partial charge in [0.1, 0.15) is 0 Å². The Morgan fingerprint density at radius 1 is 1.19 bits per heavy atom. The van der Waals surface area contributed by atoms with Gasteiger partial charge < -0.3 is 15.8 Å². The van der Waals surface area contributed by atoms with Gasteiger partial charge in [0, 0.05) is 38.6 Å². The molecule has 1 saturated heterocycles. The minimum atomic E-state index is -0.320. The number of ether oxygens (including phenoxy) is 1. The zero-order chi connectivity index (χ0) is 18.5. The number of carbonyl (C=O) groups is 1. The van der Waals surface area contributed by atoms with E-state index in [-0.39, 0.29) is 29.6 Å². The molecule has 7 nitrogen and oxygen atoms in total. The molecule has 2 heterocycles. The Morgan fingerprint density at radius 2 is 1.85 bits per heavy atom. The number of nitrogens with one attached hydrogen (secondary N) is 1. The molecule has 2 aromatic rings. The second-order valence-electron chi connectivity index (χ2n) is 6.69. The van der Waals surface area contributed by atoms with E-state index in [4.69, 9.17) is 10.5 Å². The Labute approximate surface area is 153 Å². The predicted molar refractivity (Wildman–Crippen MR) is 99.3 cm³/mol. The number of hydrogen-bond donors (Lipinski definition) is 2. The van der Waals surface area contributed by atoms with E-state index in [2.05, 4.69) is 40.1 Å². The molecular formula is C19H25N5O2. The van der Waals surface area contributed by atoms with Crippen molar-refractivity contribution in [1.82, 2.24) is 20.2 Å². The minimum absolute atomic E-state index is 0.134. The van der Waals surface area contributed by atoms with Crippen LogP contribution in [0.4, 0.5) is 5.82 Å². The molecular weight excluding hydrogens is 330 g/mol. The van der Waals surface area contributed by atoms with Gasteiger partial charge in [-0.3, -0.25) is 9.69 Å². The van der Waals surface area contributed by atoms with Crippen molar-refractivity contribution in [2.24, 2.45) is 0 Å². The van der Waals surface area contributed by atoms with Crippen molar-refractivity contribution in [3.05, 3.63) is 53.5 Å². The first-order valence-corrected chi connectivity index (χ1v) is 8.82. The topological polar surface area (TPSA) is 93.4 Å². The smallest absolute Gasteiger partial charge is 0.273 e. The predicted octanol–water partition coefficient (Wildman–Crippen LogP) is 1.60. The lowest BCUT2D eigenvalue weighted by molar-refractivity contribution is -0.0705. The van der Waals surface area contributed by atoms with Crippen LogP contribution in [0, 0.1) is 0 Å². The molecule has 0 radical (unpaired) electrons. The molecule has 1 fully saturated rings. The van der Waals surface area contributed by atoms with Crippen LogP contribution in [0.15, 0.2) is 36.7 Å². The maximum atomic E-state index is 12.3. The fourth-order valence-electron chi connectivity index (χ4n) is 3.32. The highest BCUT2D eigenvalue weighted by molar-refractivity contribution is 5.96. The third-order valence-corrected chi connectivity index (χ3v) is 4.39. The highest BCUT2D eigenvalue weighted by Crippen LogP contribution is 2.17. The van der Waals surface area contributed by atoms with Crippen LogP contribution in [0.2, 0.25) is 0 Å². The SMILES string of the molecule is CC1CN(Cc2ccccc2CNC(=O)c2nccnc2N)CC(C)O1. The number of carbonyl (C=O) groups excluding carboxylic acids is 1. The highest BCUT2D eigenvalue weighted by Gasteiger charge is 2.22. The van der Waals surface area contributed by atoms with Crippen LogP contribution in [0.25, 0.3) is 0 Å². The first-order valence-electron chi connectivity index (χ1n) is 8.82. The molecule has 7 heteroatoms. The first-order chi connectivity index (χ1) is 12.5. The average Bonchev–Trinajstić information content (AvgIpc) is 2.60. The van der Waals surface area contributed by atoms with Gasteiger partial charge in [-0.1, -0.05) is 24.3 Å². The summed E-state index contributed by atoms with van der Waals surface area (Å²) >= 11 is 0. The Balaban J connectivity index is 1.66. The number of anilines is 1. The summed E-state index contributed by atoms with van der Waals surface area (Å²) in [5.41, 5.74) is 8.14.